The van der Waals surface area contributed by atoms with Crippen LogP contribution in [-0.2, 0) is 16.2 Å². The van der Waals surface area contributed by atoms with Crippen molar-refractivity contribution in [3.05, 3.63) is 59.7 Å². The van der Waals surface area contributed by atoms with Crippen LogP contribution in [0, 0.1) is 0 Å². The number of nitrogens with two attached hydrogens (primary N) is 1. The number of anilines is 1. The van der Waals surface area contributed by atoms with E-state index in [4.69, 9.17) is 5.14 Å². The Morgan fingerprint density at radius 1 is 1.04 bits per heavy atom. The van der Waals surface area contributed by atoms with E-state index in [0.717, 1.165) is 18.2 Å². The van der Waals surface area contributed by atoms with Gasteiger partial charge in [0.25, 0.3) is 5.91 Å². The summed E-state index contributed by atoms with van der Waals surface area (Å²) >= 11 is 0. The van der Waals surface area contributed by atoms with E-state index >= 15 is 0 Å². The van der Waals surface area contributed by atoms with Gasteiger partial charge >= 0.3 is 6.18 Å². The van der Waals surface area contributed by atoms with Crippen LogP contribution in [0.3, 0.4) is 0 Å². The summed E-state index contributed by atoms with van der Waals surface area (Å²) in [5, 5.41) is 7.18. The second kappa shape index (κ2) is 6.01. The fourth-order valence-electron chi connectivity index (χ4n) is 1.88. The predicted octanol–water partition coefficient (Wildman–Crippen LogP) is 2.61. The second-order valence-electron chi connectivity index (χ2n) is 4.57. The fraction of sp³-hybridized carbons (Fsp3) is 0.0714. The van der Waals surface area contributed by atoms with E-state index in [1.54, 1.807) is 0 Å². The molecule has 1 amide bonds. The van der Waals surface area contributed by atoms with Crippen molar-refractivity contribution >= 4 is 21.6 Å². The number of carbonyl (C=O) groups is 1. The fourth-order valence-corrected chi connectivity index (χ4v) is 2.44. The molecule has 0 heterocycles. The second-order valence-corrected chi connectivity index (χ2v) is 6.13. The van der Waals surface area contributed by atoms with Crippen LogP contribution in [0.4, 0.5) is 18.9 Å². The molecule has 2 aromatic rings. The summed E-state index contributed by atoms with van der Waals surface area (Å²) in [6, 6.07) is 9.19. The van der Waals surface area contributed by atoms with Crippen molar-refractivity contribution in [2.75, 3.05) is 5.32 Å². The van der Waals surface area contributed by atoms with Crippen molar-refractivity contribution in [2.24, 2.45) is 5.14 Å². The predicted molar refractivity (Wildman–Crippen MR) is 77.2 cm³/mol. The molecule has 0 aliphatic rings. The topological polar surface area (TPSA) is 89.3 Å². The number of hydrogen-bond acceptors (Lipinski definition) is 3. The molecule has 0 atom stereocenters. The van der Waals surface area contributed by atoms with Gasteiger partial charge in [-0.1, -0.05) is 18.2 Å². The highest BCUT2D eigenvalue weighted by Crippen LogP contribution is 2.32. The molecule has 0 spiro atoms. The number of sulfonamides is 1. The zero-order chi connectivity index (χ0) is 17.3. The number of alkyl halides is 3. The van der Waals surface area contributed by atoms with Gasteiger partial charge in [-0.2, -0.15) is 13.2 Å². The number of hydrogen-bond donors (Lipinski definition) is 2. The summed E-state index contributed by atoms with van der Waals surface area (Å²) in [6.07, 6.45) is -4.68. The van der Waals surface area contributed by atoms with Crippen molar-refractivity contribution in [3.63, 3.8) is 0 Å². The average Bonchev–Trinajstić information content (AvgIpc) is 2.46. The van der Waals surface area contributed by atoms with E-state index in [1.807, 2.05) is 0 Å². The highest BCUT2D eigenvalue weighted by Gasteiger charge is 2.34. The van der Waals surface area contributed by atoms with E-state index < -0.39 is 33.2 Å². The third-order valence-corrected chi connectivity index (χ3v) is 3.81. The van der Waals surface area contributed by atoms with E-state index in [9.17, 15) is 26.4 Å². The molecule has 2 rings (SSSR count). The van der Waals surface area contributed by atoms with Crippen molar-refractivity contribution in [1.29, 1.82) is 0 Å². The maximum absolute atomic E-state index is 12.9. The van der Waals surface area contributed by atoms with Gasteiger partial charge in [0, 0.05) is 5.69 Å². The first-order chi connectivity index (χ1) is 10.6. The van der Waals surface area contributed by atoms with Crippen molar-refractivity contribution in [2.45, 2.75) is 11.1 Å². The maximum atomic E-state index is 12.9. The normalized spacial score (nSPS) is 12.0. The van der Waals surface area contributed by atoms with Gasteiger partial charge in [0.15, 0.2) is 0 Å². The molecule has 0 aliphatic carbocycles. The molecule has 0 saturated heterocycles. The van der Waals surface area contributed by atoms with Gasteiger partial charge in [0.1, 0.15) is 0 Å². The lowest BCUT2D eigenvalue weighted by atomic mass is 10.1. The molecule has 3 N–H and O–H groups in total. The minimum Gasteiger partial charge on any atom is -0.322 e. The molecule has 2 aromatic carbocycles. The van der Waals surface area contributed by atoms with Crippen LogP contribution in [0.1, 0.15) is 15.9 Å². The van der Waals surface area contributed by atoms with Crippen LogP contribution < -0.4 is 10.5 Å². The van der Waals surface area contributed by atoms with E-state index in [2.05, 4.69) is 5.32 Å². The van der Waals surface area contributed by atoms with Crippen LogP contribution in [-0.4, -0.2) is 14.3 Å². The quantitative estimate of drug-likeness (QED) is 0.897. The summed E-state index contributed by atoms with van der Waals surface area (Å²) in [4.78, 5) is 11.8. The van der Waals surface area contributed by atoms with Gasteiger partial charge in [0.2, 0.25) is 10.0 Å². The Bertz CT molecular complexity index is 848. The Balaban J connectivity index is 2.35. The first-order valence-corrected chi connectivity index (χ1v) is 7.74. The molecule has 9 heteroatoms. The van der Waals surface area contributed by atoms with Crippen molar-refractivity contribution < 1.29 is 26.4 Å². The van der Waals surface area contributed by atoms with Crippen LogP contribution in [0.25, 0.3) is 0 Å². The van der Waals surface area contributed by atoms with Crippen LogP contribution in [0.15, 0.2) is 53.4 Å². The summed E-state index contributed by atoms with van der Waals surface area (Å²) < 4.78 is 61.2. The molecule has 122 valence electrons. The lowest BCUT2D eigenvalue weighted by Gasteiger charge is -2.13. The summed E-state index contributed by atoms with van der Waals surface area (Å²) in [5.41, 5.74) is -1.64. The van der Waals surface area contributed by atoms with Gasteiger partial charge < -0.3 is 5.32 Å². The van der Waals surface area contributed by atoms with Gasteiger partial charge in [0.05, 0.1) is 16.0 Å². The van der Waals surface area contributed by atoms with Crippen LogP contribution in [0.5, 0.6) is 0 Å². The number of carbonyl (C=O) groups excluding carboxylic acids is 1. The molecule has 0 unspecified atom stereocenters. The highest BCUT2D eigenvalue weighted by atomic mass is 32.2. The minimum atomic E-state index is -4.68. The number of primary sulfonamides is 1. The molecule has 0 bridgehead atoms. The molecule has 0 radical (unpaired) electrons. The highest BCUT2D eigenvalue weighted by molar-refractivity contribution is 7.89. The molecule has 5 nitrogen and oxygen atoms in total. The Kier molecular flexibility index (Phi) is 4.44. The lowest BCUT2D eigenvalue weighted by Crippen LogP contribution is -2.19. The van der Waals surface area contributed by atoms with E-state index in [-0.39, 0.29) is 10.6 Å². The SMILES string of the molecule is NS(=O)(=O)c1cccc(NC(=O)c2ccccc2C(F)(F)F)c1. The smallest absolute Gasteiger partial charge is 0.322 e. The Morgan fingerprint density at radius 3 is 2.30 bits per heavy atom. The number of benzene rings is 2. The largest absolute Gasteiger partial charge is 0.417 e. The third-order valence-electron chi connectivity index (χ3n) is 2.90. The molecular weight excluding hydrogens is 333 g/mol. The number of rotatable bonds is 3. The number of amides is 1. The molecule has 0 aromatic heterocycles. The summed E-state index contributed by atoms with van der Waals surface area (Å²) in [6.45, 7) is 0. The first-order valence-electron chi connectivity index (χ1n) is 6.19. The maximum Gasteiger partial charge on any atom is 0.417 e. The molecule has 0 aliphatic heterocycles. The number of halogens is 3. The average molecular weight is 344 g/mol. The van der Waals surface area contributed by atoms with Gasteiger partial charge in [-0.05, 0) is 30.3 Å². The zero-order valence-electron chi connectivity index (χ0n) is 11.5. The molecular formula is C14H11F3N2O3S. The van der Waals surface area contributed by atoms with Gasteiger partial charge in [-0.25, -0.2) is 13.6 Å². The molecule has 23 heavy (non-hydrogen) atoms. The standard InChI is InChI=1S/C14H11F3N2O3S/c15-14(16,17)12-7-2-1-6-11(12)13(20)19-9-4-3-5-10(8-9)23(18,21)22/h1-8H,(H,19,20)(H2,18,21,22). The monoisotopic (exact) mass is 344 g/mol. The molecule has 0 fully saturated rings. The van der Waals surface area contributed by atoms with Gasteiger partial charge in [-0.15, -0.1) is 0 Å². The third kappa shape index (κ3) is 4.08. The van der Waals surface area contributed by atoms with Gasteiger partial charge in [-0.3, -0.25) is 4.79 Å². The van der Waals surface area contributed by atoms with E-state index in [1.165, 1.54) is 30.3 Å². The van der Waals surface area contributed by atoms with E-state index in [0.29, 0.717) is 0 Å². The van der Waals surface area contributed by atoms with Crippen LogP contribution >= 0.6 is 0 Å². The Morgan fingerprint density at radius 2 is 1.70 bits per heavy atom. The molecule has 0 saturated carbocycles. The Hall–Kier alpha value is -2.39. The van der Waals surface area contributed by atoms with Crippen molar-refractivity contribution in [3.8, 4) is 0 Å². The number of nitrogens with one attached hydrogen (secondary N) is 1. The zero-order valence-corrected chi connectivity index (χ0v) is 12.3. The van der Waals surface area contributed by atoms with Crippen LogP contribution in [0.2, 0.25) is 0 Å². The summed E-state index contributed by atoms with van der Waals surface area (Å²) in [7, 11) is -3.99. The lowest BCUT2D eigenvalue weighted by molar-refractivity contribution is -0.137. The summed E-state index contributed by atoms with van der Waals surface area (Å²) in [5.74, 6) is -1.01. The van der Waals surface area contributed by atoms with Crippen molar-refractivity contribution in [1.82, 2.24) is 0 Å². The first kappa shape index (κ1) is 17.0. The Labute approximate surface area is 130 Å². The minimum absolute atomic E-state index is 0.0125.